The lowest BCUT2D eigenvalue weighted by Crippen LogP contribution is -2.26. The van der Waals surface area contributed by atoms with Crippen LogP contribution in [-0.4, -0.2) is 36.9 Å². The summed E-state index contributed by atoms with van der Waals surface area (Å²) in [4.78, 5) is 12.0. The van der Waals surface area contributed by atoms with E-state index in [2.05, 4.69) is 5.32 Å². The number of methoxy groups -OCH3 is 1. The predicted molar refractivity (Wildman–Crippen MR) is 121 cm³/mol. The fourth-order valence-electron chi connectivity index (χ4n) is 2.89. The Morgan fingerprint density at radius 3 is 2.24 bits per heavy atom. The number of benzene rings is 3. The third-order valence-electron chi connectivity index (χ3n) is 4.65. The lowest BCUT2D eigenvalue weighted by atomic mass is 10.2. The monoisotopic (exact) mass is 493 g/mol. The molecular formula is C21H20FN3O6S2. The average molecular weight is 494 g/mol. The first-order valence-electron chi connectivity index (χ1n) is 9.29. The Hall–Kier alpha value is -3.48. The van der Waals surface area contributed by atoms with Gasteiger partial charge >= 0.3 is 0 Å². The number of carbonyl (C=O) groups is 1. The van der Waals surface area contributed by atoms with Crippen molar-refractivity contribution < 1.29 is 30.8 Å². The number of anilines is 2. The van der Waals surface area contributed by atoms with Crippen molar-refractivity contribution in [2.24, 2.45) is 5.14 Å². The van der Waals surface area contributed by atoms with Crippen LogP contribution in [0.5, 0.6) is 5.75 Å². The summed E-state index contributed by atoms with van der Waals surface area (Å²) in [5, 5.41) is 7.35. The molecule has 0 aliphatic carbocycles. The molecule has 33 heavy (non-hydrogen) atoms. The number of hydrogen-bond acceptors (Lipinski definition) is 6. The molecule has 0 fully saturated rings. The Kier molecular flexibility index (Phi) is 6.72. The van der Waals surface area contributed by atoms with Gasteiger partial charge in [0.05, 0.1) is 22.6 Å². The van der Waals surface area contributed by atoms with E-state index in [4.69, 9.17) is 9.88 Å². The Morgan fingerprint density at radius 1 is 0.970 bits per heavy atom. The SMILES string of the molecule is COc1ccc(N(C)S(=O)(=O)c2cccc(C(=O)Nc3cc(F)cc(S(N)(=O)=O)c3)c2)cc1. The topological polar surface area (TPSA) is 136 Å². The van der Waals surface area contributed by atoms with Gasteiger partial charge in [0, 0.05) is 18.3 Å². The van der Waals surface area contributed by atoms with E-state index in [0.717, 1.165) is 22.5 Å². The molecule has 3 aromatic rings. The van der Waals surface area contributed by atoms with Crippen molar-refractivity contribution in [1.82, 2.24) is 0 Å². The molecule has 0 aliphatic rings. The second-order valence-corrected chi connectivity index (χ2v) is 10.4. The minimum atomic E-state index is -4.20. The van der Waals surface area contributed by atoms with Gasteiger partial charge in [0.25, 0.3) is 15.9 Å². The molecule has 3 N–H and O–H groups in total. The molecule has 174 valence electrons. The molecule has 3 aromatic carbocycles. The van der Waals surface area contributed by atoms with E-state index in [9.17, 15) is 26.0 Å². The van der Waals surface area contributed by atoms with Gasteiger partial charge in [0.1, 0.15) is 11.6 Å². The van der Waals surface area contributed by atoms with Crippen molar-refractivity contribution in [2.75, 3.05) is 23.8 Å². The minimum absolute atomic E-state index is 0.0411. The lowest BCUT2D eigenvalue weighted by molar-refractivity contribution is 0.102. The Morgan fingerprint density at radius 2 is 1.64 bits per heavy atom. The molecule has 0 spiro atoms. The number of halogens is 1. The molecule has 1 amide bonds. The number of nitrogens with one attached hydrogen (secondary N) is 1. The predicted octanol–water partition coefficient (Wildman–Crippen LogP) is 2.56. The molecule has 0 heterocycles. The first-order chi connectivity index (χ1) is 15.4. The smallest absolute Gasteiger partial charge is 0.264 e. The molecule has 9 nitrogen and oxygen atoms in total. The van der Waals surface area contributed by atoms with Crippen molar-refractivity contribution in [3.05, 3.63) is 78.1 Å². The van der Waals surface area contributed by atoms with E-state index in [1.54, 1.807) is 24.3 Å². The molecular weight excluding hydrogens is 473 g/mol. The van der Waals surface area contributed by atoms with Crippen LogP contribution in [-0.2, 0) is 20.0 Å². The van der Waals surface area contributed by atoms with Crippen molar-refractivity contribution in [2.45, 2.75) is 9.79 Å². The Bertz CT molecular complexity index is 1410. The third kappa shape index (κ3) is 5.48. The number of carbonyl (C=O) groups excluding carboxylic acids is 1. The summed E-state index contributed by atoms with van der Waals surface area (Å²) in [6.07, 6.45) is 0. The summed E-state index contributed by atoms with van der Waals surface area (Å²) in [6.45, 7) is 0. The number of ether oxygens (including phenoxy) is 1. The number of amides is 1. The van der Waals surface area contributed by atoms with Crippen LogP contribution in [0.15, 0.2) is 76.5 Å². The zero-order valence-corrected chi connectivity index (χ0v) is 19.2. The Labute approximate surface area is 190 Å². The summed E-state index contributed by atoms with van der Waals surface area (Å²) in [5.74, 6) is -1.13. The normalized spacial score (nSPS) is 11.6. The molecule has 0 aliphatic heterocycles. The van der Waals surface area contributed by atoms with Crippen LogP contribution in [0.25, 0.3) is 0 Å². The molecule has 0 bridgehead atoms. The van der Waals surface area contributed by atoms with Crippen molar-refractivity contribution >= 4 is 37.3 Å². The van der Waals surface area contributed by atoms with Gasteiger partial charge in [-0.05, 0) is 60.7 Å². The minimum Gasteiger partial charge on any atom is -0.497 e. The summed E-state index contributed by atoms with van der Waals surface area (Å²) < 4.78 is 69.0. The zero-order chi connectivity index (χ0) is 24.4. The van der Waals surface area contributed by atoms with Crippen molar-refractivity contribution in [3.8, 4) is 5.75 Å². The van der Waals surface area contributed by atoms with E-state index in [1.807, 2.05) is 0 Å². The largest absolute Gasteiger partial charge is 0.497 e. The van der Waals surface area contributed by atoms with Gasteiger partial charge in [0.15, 0.2) is 0 Å². The second-order valence-electron chi connectivity index (χ2n) is 6.87. The van der Waals surface area contributed by atoms with Gasteiger partial charge < -0.3 is 10.1 Å². The first-order valence-corrected chi connectivity index (χ1v) is 12.3. The first kappa shape index (κ1) is 24.2. The summed E-state index contributed by atoms with van der Waals surface area (Å²) in [7, 11) is -5.36. The molecule has 0 radical (unpaired) electrons. The fraction of sp³-hybridized carbons (Fsp3) is 0.0952. The van der Waals surface area contributed by atoms with Gasteiger partial charge in [-0.2, -0.15) is 0 Å². The second kappa shape index (κ2) is 9.17. The van der Waals surface area contributed by atoms with Crippen LogP contribution >= 0.6 is 0 Å². The number of rotatable bonds is 7. The fourth-order valence-corrected chi connectivity index (χ4v) is 4.70. The quantitative estimate of drug-likeness (QED) is 0.519. The van der Waals surface area contributed by atoms with Crippen LogP contribution < -0.4 is 19.5 Å². The summed E-state index contributed by atoms with van der Waals surface area (Å²) in [5.41, 5.74) is 0.175. The lowest BCUT2D eigenvalue weighted by Gasteiger charge is -2.20. The molecule has 0 atom stereocenters. The van der Waals surface area contributed by atoms with Gasteiger partial charge in [-0.25, -0.2) is 26.4 Å². The van der Waals surface area contributed by atoms with E-state index in [0.29, 0.717) is 17.5 Å². The van der Waals surface area contributed by atoms with Crippen LogP contribution in [0.4, 0.5) is 15.8 Å². The van der Waals surface area contributed by atoms with Crippen molar-refractivity contribution in [1.29, 1.82) is 0 Å². The maximum atomic E-state index is 13.8. The molecule has 0 aromatic heterocycles. The number of nitrogens with zero attached hydrogens (tertiary/aromatic N) is 1. The molecule has 0 unspecified atom stereocenters. The average Bonchev–Trinajstić information content (AvgIpc) is 2.77. The van der Waals surface area contributed by atoms with E-state index < -0.39 is 36.7 Å². The van der Waals surface area contributed by atoms with E-state index >= 15 is 0 Å². The van der Waals surface area contributed by atoms with E-state index in [1.165, 1.54) is 32.4 Å². The van der Waals surface area contributed by atoms with Crippen LogP contribution in [0.3, 0.4) is 0 Å². The summed E-state index contributed by atoms with van der Waals surface area (Å²) >= 11 is 0. The Balaban J connectivity index is 1.88. The number of primary sulfonamides is 1. The highest BCUT2D eigenvalue weighted by atomic mass is 32.2. The van der Waals surface area contributed by atoms with Crippen LogP contribution in [0, 0.1) is 5.82 Å². The van der Waals surface area contributed by atoms with Gasteiger partial charge in [-0.15, -0.1) is 0 Å². The molecule has 0 saturated heterocycles. The molecule has 3 rings (SSSR count). The molecule has 0 saturated carbocycles. The third-order valence-corrected chi connectivity index (χ3v) is 7.32. The maximum Gasteiger partial charge on any atom is 0.264 e. The van der Waals surface area contributed by atoms with Gasteiger partial charge in [0.2, 0.25) is 10.0 Å². The van der Waals surface area contributed by atoms with Crippen molar-refractivity contribution in [3.63, 3.8) is 0 Å². The number of hydrogen-bond donors (Lipinski definition) is 2. The maximum absolute atomic E-state index is 13.8. The highest BCUT2D eigenvalue weighted by Crippen LogP contribution is 2.25. The summed E-state index contributed by atoms with van der Waals surface area (Å²) in [6, 6.07) is 14.2. The number of nitrogens with two attached hydrogens (primary N) is 1. The van der Waals surface area contributed by atoms with Crippen LogP contribution in [0.2, 0.25) is 0 Å². The van der Waals surface area contributed by atoms with Gasteiger partial charge in [-0.1, -0.05) is 6.07 Å². The highest BCUT2D eigenvalue weighted by molar-refractivity contribution is 7.92. The van der Waals surface area contributed by atoms with E-state index in [-0.39, 0.29) is 16.1 Å². The van der Waals surface area contributed by atoms with Crippen LogP contribution in [0.1, 0.15) is 10.4 Å². The highest BCUT2D eigenvalue weighted by Gasteiger charge is 2.23. The molecule has 12 heteroatoms. The number of sulfonamides is 2. The standard InChI is InChI=1S/C21H20FN3O6S2/c1-25(17-6-8-18(31-2)9-7-17)33(29,30)19-5-3-4-14(10-19)21(26)24-16-11-15(22)12-20(13-16)32(23,27)28/h3-13H,1-2H3,(H,24,26)(H2,23,27,28). The zero-order valence-electron chi connectivity index (χ0n) is 17.5. The van der Waals surface area contributed by atoms with Gasteiger partial charge in [-0.3, -0.25) is 9.10 Å².